The minimum absolute atomic E-state index is 0.193. The molecule has 0 fully saturated rings. The van der Waals surface area contributed by atoms with Gasteiger partial charge in [-0.25, -0.2) is 9.97 Å². The first-order valence-corrected chi connectivity index (χ1v) is 9.23. The van der Waals surface area contributed by atoms with E-state index in [9.17, 15) is 4.79 Å². The summed E-state index contributed by atoms with van der Waals surface area (Å²) in [7, 11) is 0. The molecule has 1 aromatic carbocycles. The minimum atomic E-state index is -0.291. The van der Waals surface area contributed by atoms with E-state index in [1.807, 2.05) is 44.2 Å². The predicted octanol–water partition coefficient (Wildman–Crippen LogP) is 4.52. The van der Waals surface area contributed by atoms with Crippen molar-refractivity contribution in [2.24, 2.45) is 0 Å². The summed E-state index contributed by atoms with van der Waals surface area (Å²) in [6.07, 6.45) is 5.23. The maximum absolute atomic E-state index is 12.5. The van der Waals surface area contributed by atoms with Gasteiger partial charge in [-0.05, 0) is 43.7 Å². The van der Waals surface area contributed by atoms with E-state index >= 15 is 0 Å². The fourth-order valence-corrected chi connectivity index (χ4v) is 3.37. The fourth-order valence-electron chi connectivity index (χ4n) is 3.14. The van der Waals surface area contributed by atoms with E-state index in [4.69, 9.17) is 11.6 Å². The van der Waals surface area contributed by atoms with Crippen LogP contribution in [0.5, 0.6) is 0 Å². The Bertz CT molecular complexity index is 1220. The van der Waals surface area contributed by atoms with Crippen LogP contribution in [0.3, 0.4) is 0 Å². The third-order valence-corrected chi connectivity index (χ3v) is 4.94. The Balaban J connectivity index is 1.66. The first-order valence-electron chi connectivity index (χ1n) is 8.85. The Morgan fingerprint density at radius 1 is 1.18 bits per heavy atom. The number of aromatic amines is 1. The van der Waals surface area contributed by atoms with Gasteiger partial charge in [0.15, 0.2) is 0 Å². The van der Waals surface area contributed by atoms with Gasteiger partial charge in [-0.1, -0.05) is 23.7 Å². The lowest BCUT2D eigenvalue weighted by molar-refractivity contribution is 0.845. The highest BCUT2D eigenvalue weighted by Gasteiger charge is 2.14. The van der Waals surface area contributed by atoms with E-state index in [0.29, 0.717) is 22.1 Å². The molecule has 0 unspecified atom stereocenters. The number of benzene rings is 1. The van der Waals surface area contributed by atoms with Crippen LogP contribution in [0.4, 0.5) is 5.95 Å². The highest BCUT2D eigenvalue weighted by molar-refractivity contribution is 6.35. The summed E-state index contributed by atoms with van der Waals surface area (Å²) in [5.74, 6) is 0.451. The molecule has 0 saturated carbocycles. The number of anilines is 1. The Morgan fingerprint density at radius 2 is 2.04 bits per heavy atom. The molecule has 0 aliphatic heterocycles. The Hall–Kier alpha value is -3.25. The summed E-state index contributed by atoms with van der Waals surface area (Å²) in [6, 6.07) is 10.8. The molecule has 4 rings (SSSR count). The number of fused-ring (bicyclic) bond motifs is 1. The van der Waals surface area contributed by atoms with Crippen LogP contribution in [0.1, 0.15) is 24.1 Å². The van der Waals surface area contributed by atoms with Crippen LogP contribution in [0.2, 0.25) is 5.02 Å². The van der Waals surface area contributed by atoms with Gasteiger partial charge in [-0.2, -0.15) is 0 Å². The number of nitrogens with one attached hydrogen (secondary N) is 2. The van der Waals surface area contributed by atoms with Crippen molar-refractivity contribution in [1.82, 2.24) is 19.9 Å². The monoisotopic (exact) mass is 391 g/mol. The van der Waals surface area contributed by atoms with Crippen molar-refractivity contribution in [2.45, 2.75) is 19.9 Å². The van der Waals surface area contributed by atoms with Crippen molar-refractivity contribution in [3.05, 3.63) is 81.5 Å². The van der Waals surface area contributed by atoms with Crippen molar-refractivity contribution in [2.75, 3.05) is 5.32 Å². The number of para-hydroxylation sites is 1. The van der Waals surface area contributed by atoms with Crippen molar-refractivity contribution in [3.8, 4) is 11.3 Å². The number of aryl methyl sites for hydroxylation is 1. The lowest BCUT2D eigenvalue weighted by atomic mass is 10.1. The molecule has 0 saturated heterocycles. The van der Waals surface area contributed by atoms with E-state index in [2.05, 4.69) is 25.3 Å². The second-order valence-corrected chi connectivity index (χ2v) is 6.99. The Morgan fingerprint density at radius 3 is 2.86 bits per heavy atom. The van der Waals surface area contributed by atoms with Gasteiger partial charge in [0.05, 0.1) is 22.3 Å². The molecule has 6 nitrogen and oxygen atoms in total. The number of rotatable bonds is 4. The van der Waals surface area contributed by atoms with Gasteiger partial charge in [-0.15, -0.1) is 0 Å². The van der Waals surface area contributed by atoms with Gasteiger partial charge in [0.25, 0.3) is 5.56 Å². The van der Waals surface area contributed by atoms with Gasteiger partial charge in [0.1, 0.15) is 0 Å². The summed E-state index contributed by atoms with van der Waals surface area (Å²) in [5.41, 5.74) is 3.85. The fraction of sp³-hybridized carbons (Fsp3) is 0.143. The first-order chi connectivity index (χ1) is 13.5. The van der Waals surface area contributed by atoms with Crippen LogP contribution < -0.4 is 10.9 Å². The van der Waals surface area contributed by atoms with E-state index in [1.54, 1.807) is 24.7 Å². The maximum atomic E-state index is 12.5. The molecule has 0 aliphatic carbocycles. The molecule has 2 N–H and O–H groups in total. The van der Waals surface area contributed by atoms with Crippen molar-refractivity contribution >= 4 is 28.5 Å². The van der Waals surface area contributed by atoms with Crippen LogP contribution >= 0.6 is 11.6 Å². The summed E-state index contributed by atoms with van der Waals surface area (Å²) >= 11 is 6.17. The average Bonchev–Trinajstić information content (AvgIpc) is 2.69. The molecule has 0 aliphatic rings. The van der Waals surface area contributed by atoms with Crippen molar-refractivity contribution < 1.29 is 0 Å². The Kier molecular flexibility index (Phi) is 4.79. The molecule has 0 amide bonds. The van der Waals surface area contributed by atoms with Crippen LogP contribution in [-0.4, -0.2) is 19.9 Å². The van der Waals surface area contributed by atoms with Crippen molar-refractivity contribution in [1.29, 1.82) is 0 Å². The maximum Gasteiger partial charge on any atom is 0.253 e. The third kappa shape index (κ3) is 3.46. The molecule has 7 heteroatoms. The number of nitrogens with zero attached hydrogens (tertiary/aromatic N) is 3. The number of aromatic nitrogens is 4. The van der Waals surface area contributed by atoms with E-state index in [0.717, 1.165) is 22.2 Å². The lowest BCUT2D eigenvalue weighted by Crippen LogP contribution is -2.20. The largest absolute Gasteiger partial charge is 0.347 e. The molecule has 1 atom stereocenters. The summed E-state index contributed by atoms with van der Waals surface area (Å²) in [6.45, 7) is 3.88. The molecule has 140 valence electrons. The van der Waals surface area contributed by atoms with Gasteiger partial charge in [0, 0.05) is 35.1 Å². The number of halogens is 1. The standard InChI is InChI=1S/C21H18ClN5O/c1-12-11-23-8-6-15(12)18-7-9-24-21(26-18)25-13(2)16-10-14-4-3-5-17(22)19(14)27-20(16)28/h3-11,13H,1-2H3,(H,27,28)(H,24,25,26)/t13-/m0/s1. The summed E-state index contributed by atoms with van der Waals surface area (Å²) in [5, 5.41) is 4.61. The van der Waals surface area contributed by atoms with Gasteiger partial charge in [0.2, 0.25) is 5.95 Å². The van der Waals surface area contributed by atoms with E-state index in [1.165, 1.54) is 0 Å². The Labute approximate surface area is 166 Å². The zero-order chi connectivity index (χ0) is 19.7. The quantitative estimate of drug-likeness (QED) is 0.534. The third-order valence-electron chi connectivity index (χ3n) is 4.62. The number of H-pyrrole nitrogens is 1. The van der Waals surface area contributed by atoms with Crippen LogP contribution in [0, 0.1) is 6.92 Å². The lowest BCUT2D eigenvalue weighted by Gasteiger charge is -2.15. The van der Waals surface area contributed by atoms with Gasteiger partial charge in [-0.3, -0.25) is 9.78 Å². The molecule has 0 spiro atoms. The van der Waals surface area contributed by atoms with E-state index < -0.39 is 0 Å². The minimum Gasteiger partial charge on any atom is -0.347 e. The number of hydrogen-bond donors (Lipinski definition) is 2. The molecular formula is C21H18ClN5O. The summed E-state index contributed by atoms with van der Waals surface area (Å²) in [4.78, 5) is 28.4. The molecule has 0 bridgehead atoms. The topological polar surface area (TPSA) is 83.6 Å². The van der Waals surface area contributed by atoms with E-state index in [-0.39, 0.29) is 11.6 Å². The highest BCUT2D eigenvalue weighted by Crippen LogP contribution is 2.24. The normalized spacial score (nSPS) is 12.1. The zero-order valence-electron chi connectivity index (χ0n) is 15.4. The van der Waals surface area contributed by atoms with Crippen LogP contribution in [-0.2, 0) is 0 Å². The highest BCUT2D eigenvalue weighted by atomic mass is 35.5. The number of pyridine rings is 2. The zero-order valence-corrected chi connectivity index (χ0v) is 16.2. The smallest absolute Gasteiger partial charge is 0.253 e. The number of hydrogen-bond acceptors (Lipinski definition) is 5. The van der Waals surface area contributed by atoms with Crippen LogP contribution in [0.25, 0.3) is 22.2 Å². The molecule has 28 heavy (non-hydrogen) atoms. The average molecular weight is 392 g/mol. The molecule has 3 heterocycles. The second-order valence-electron chi connectivity index (χ2n) is 6.58. The van der Waals surface area contributed by atoms with Gasteiger partial charge >= 0.3 is 0 Å². The van der Waals surface area contributed by atoms with Gasteiger partial charge < -0.3 is 10.3 Å². The molecule has 4 aromatic rings. The first kappa shape index (κ1) is 18.1. The molecule has 0 radical (unpaired) electrons. The molecule has 3 aromatic heterocycles. The molecular weight excluding hydrogens is 374 g/mol. The summed E-state index contributed by atoms with van der Waals surface area (Å²) < 4.78 is 0. The SMILES string of the molecule is Cc1cnccc1-c1ccnc(N[C@@H](C)c2cc3cccc(Cl)c3[nH]c2=O)n1. The van der Waals surface area contributed by atoms with Crippen molar-refractivity contribution in [3.63, 3.8) is 0 Å². The van der Waals surface area contributed by atoms with Crippen LogP contribution in [0.15, 0.2) is 59.8 Å². The predicted molar refractivity (Wildman–Crippen MR) is 112 cm³/mol. The second kappa shape index (κ2) is 7.40.